The molecule has 1 aliphatic heterocycles. The minimum absolute atomic E-state index is 0.461. The molecule has 1 fully saturated rings. The number of nitrogens with zero attached hydrogens (tertiary/aromatic N) is 4. The van der Waals surface area contributed by atoms with Crippen molar-refractivity contribution in [2.45, 2.75) is 19.4 Å². The molecule has 0 spiro atoms. The zero-order chi connectivity index (χ0) is 9.97. The Hall–Kier alpha value is -1.34. The van der Waals surface area contributed by atoms with Gasteiger partial charge in [-0.25, -0.2) is 0 Å². The summed E-state index contributed by atoms with van der Waals surface area (Å²) < 4.78 is 2.00. The van der Waals surface area contributed by atoms with Crippen molar-refractivity contribution < 1.29 is 0 Å². The van der Waals surface area contributed by atoms with Crippen molar-refractivity contribution in [1.82, 2.24) is 14.7 Å². The van der Waals surface area contributed by atoms with Crippen molar-refractivity contribution in [3.05, 3.63) is 18.0 Å². The molecule has 1 saturated heterocycles. The summed E-state index contributed by atoms with van der Waals surface area (Å²) in [5.74, 6) is 0. The van der Waals surface area contributed by atoms with Crippen LogP contribution in [-0.4, -0.2) is 34.3 Å². The van der Waals surface area contributed by atoms with Gasteiger partial charge in [-0.3, -0.25) is 9.58 Å². The van der Waals surface area contributed by atoms with Crippen molar-refractivity contribution >= 4 is 0 Å². The van der Waals surface area contributed by atoms with E-state index in [2.05, 4.69) is 23.0 Å². The van der Waals surface area contributed by atoms with E-state index in [1.54, 1.807) is 6.20 Å². The first kappa shape index (κ1) is 9.22. The molecule has 0 N–H and O–H groups in total. The summed E-state index contributed by atoms with van der Waals surface area (Å²) >= 11 is 0. The molecule has 0 aromatic carbocycles. The SMILES string of the molecule is CCN1CC(n2nccc2CC#N)C1. The highest BCUT2D eigenvalue weighted by molar-refractivity contribution is 5.08. The lowest BCUT2D eigenvalue weighted by atomic mass is 10.1. The first-order valence-electron chi connectivity index (χ1n) is 4.97. The molecule has 0 unspecified atom stereocenters. The maximum atomic E-state index is 8.63. The molecule has 1 aliphatic rings. The molecule has 14 heavy (non-hydrogen) atoms. The zero-order valence-corrected chi connectivity index (χ0v) is 8.35. The van der Waals surface area contributed by atoms with Gasteiger partial charge in [0.05, 0.1) is 24.2 Å². The Morgan fingerprint density at radius 2 is 2.43 bits per heavy atom. The molecular weight excluding hydrogens is 176 g/mol. The first-order valence-corrected chi connectivity index (χ1v) is 4.97. The number of rotatable bonds is 3. The standard InChI is InChI=1S/C10H14N4/c1-2-13-7-10(8-13)14-9(3-5-11)4-6-12-14/h4,6,10H,2-3,7-8H2,1H3. The Kier molecular flexibility index (Phi) is 2.51. The summed E-state index contributed by atoms with van der Waals surface area (Å²) in [4.78, 5) is 2.36. The van der Waals surface area contributed by atoms with Crippen LogP contribution in [0.15, 0.2) is 12.3 Å². The van der Waals surface area contributed by atoms with Gasteiger partial charge in [0.1, 0.15) is 0 Å². The lowest BCUT2D eigenvalue weighted by Gasteiger charge is -2.39. The van der Waals surface area contributed by atoms with E-state index in [0.717, 1.165) is 25.3 Å². The fourth-order valence-electron chi connectivity index (χ4n) is 1.85. The number of aromatic nitrogens is 2. The van der Waals surface area contributed by atoms with Gasteiger partial charge >= 0.3 is 0 Å². The highest BCUT2D eigenvalue weighted by Gasteiger charge is 2.28. The van der Waals surface area contributed by atoms with Crippen LogP contribution < -0.4 is 0 Å². The van der Waals surface area contributed by atoms with Gasteiger partial charge < -0.3 is 0 Å². The molecule has 2 rings (SSSR count). The summed E-state index contributed by atoms with van der Waals surface area (Å²) in [5.41, 5.74) is 1.04. The summed E-state index contributed by atoms with van der Waals surface area (Å²) in [6.45, 7) is 5.40. The molecule has 0 saturated carbocycles. The molecule has 2 heterocycles. The smallest absolute Gasteiger partial charge is 0.0776 e. The van der Waals surface area contributed by atoms with Crippen molar-refractivity contribution in [2.24, 2.45) is 0 Å². The Labute approximate surface area is 83.7 Å². The third-order valence-electron chi connectivity index (χ3n) is 2.74. The van der Waals surface area contributed by atoms with Crippen LogP contribution >= 0.6 is 0 Å². The van der Waals surface area contributed by atoms with Crippen molar-refractivity contribution in [2.75, 3.05) is 19.6 Å². The molecule has 0 bridgehead atoms. The lowest BCUT2D eigenvalue weighted by molar-refractivity contribution is 0.103. The van der Waals surface area contributed by atoms with E-state index in [-0.39, 0.29) is 0 Å². The topological polar surface area (TPSA) is 44.9 Å². The maximum absolute atomic E-state index is 8.63. The van der Waals surface area contributed by atoms with Crippen LogP contribution in [0.4, 0.5) is 0 Å². The fraction of sp³-hybridized carbons (Fsp3) is 0.600. The second kappa shape index (κ2) is 3.81. The van der Waals surface area contributed by atoms with Gasteiger partial charge in [0.2, 0.25) is 0 Å². The van der Waals surface area contributed by atoms with E-state index in [4.69, 9.17) is 5.26 Å². The molecule has 1 aromatic heterocycles. The fourth-order valence-corrected chi connectivity index (χ4v) is 1.85. The van der Waals surface area contributed by atoms with Crippen LogP contribution in [0.25, 0.3) is 0 Å². The van der Waals surface area contributed by atoms with Gasteiger partial charge in [0, 0.05) is 19.3 Å². The zero-order valence-electron chi connectivity index (χ0n) is 8.35. The Balaban J connectivity index is 2.03. The average molecular weight is 190 g/mol. The quantitative estimate of drug-likeness (QED) is 0.709. The summed E-state index contributed by atoms with van der Waals surface area (Å²) in [7, 11) is 0. The minimum atomic E-state index is 0.461. The second-order valence-corrected chi connectivity index (χ2v) is 3.61. The normalized spacial score (nSPS) is 17.7. The maximum Gasteiger partial charge on any atom is 0.0776 e. The molecule has 4 nitrogen and oxygen atoms in total. The number of likely N-dealkylation sites (N-methyl/N-ethyl adjacent to an activating group) is 1. The molecule has 74 valence electrons. The number of likely N-dealkylation sites (tertiary alicyclic amines) is 1. The van der Waals surface area contributed by atoms with Crippen LogP contribution in [0.1, 0.15) is 18.7 Å². The molecule has 4 heteroatoms. The predicted octanol–water partition coefficient (Wildman–Crippen LogP) is 0.826. The largest absolute Gasteiger partial charge is 0.299 e. The number of hydrogen-bond donors (Lipinski definition) is 0. The highest BCUT2D eigenvalue weighted by Crippen LogP contribution is 2.21. The average Bonchev–Trinajstić information content (AvgIpc) is 2.52. The molecule has 1 aromatic rings. The van der Waals surface area contributed by atoms with E-state index in [1.165, 1.54) is 0 Å². The third-order valence-corrected chi connectivity index (χ3v) is 2.74. The van der Waals surface area contributed by atoms with E-state index in [1.807, 2.05) is 10.7 Å². The Morgan fingerprint density at radius 1 is 1.64 bits per heavy atom. The Bertz CT molecular complexity index is 343. The van der Waals surface area contributed by atoms with Gasteiger partial charge in [-0.1, -0.05) is 6.92 Å². The van der Waals surface area contributed by atoms with Crippen LogP contribution in [0, 0.1) is 11.3 Å². The second-order valence-electron chi connectivity index (χ2n) is 3.61. The van der Waals surface area contributed by atoms with Crippen LogP contribution in [0.5, 0.6) is 0 Å². The summed E-state index contributed by atoms with van der Waals surface area (Å²) in [6.07, 6.45) is 2.24. The minimum Gasteiger partial charge on any atom is -0.299 e. The van der Waals surface area contributed by atoms with E-state index >= 15 is 0 Å². The molecule has 0 radical (unpaired) electrons. The van der Waals surface area contributed by atoms with E-state index in [0.29, 0.717) is 12.5 Å². The van der Waals surface area contributed by atoms with Crippen LogP contribution in [-0.2, 0) is 6.42 Å². The Morgan fingerprint density at radius 3 is 3.07 bits per heavy atom. The van der Waals surface area contributed by atoms with Gasteiger partial charge in [0.15, 0.2) is 0 Å². The van der Waals surface area contributed by atoms with E-state index in [9.17, 15) is 0 Å². The van der Waals surface area contributed by atoms with Crippen molar-refractivity contribution in [3.8, 4) is 6.07 Å². The number of nitriles is 1. The van der Waals surface area contributed by atoms with Crippen molar-refractivity contribution in [3.63, 3.8) is 0 Å². The van der Waals surface area contributed by atoms with Crippen molar-refractivity contribution in [1.29, 1.82) is 5.26 Å². The van der Waals surface area contributed by atoms with Gasteiger partial charge in [-0.05, 0) is 12.6 Å². The van der Waals surface area contributed by atoms with Gasteiger partial charge in [-0.15, -0.1) is 0 Å². The van der Waals surface area contributed by atoms with E-state index < -0.39 is 0 Å². The number of hydrogen-bond acceptors (Lipinski definition) is 3. The monoisotopic (exact) mass is 190 g/mol. The van der Waals surface area contributed by atoms with Gasteiger partial charge in [0.25, 0.3) is 0 Å². The molecular formula is C10H14N4. The van der Waals surface area contributed by atoms with Crippen LogP contribution in [0.2, 0.25) is 0 Å². The lowest BCUT2D eigenvalue weighted by Crippen LogP contribution is -2.48. The van der Waals surface area contributed by atoms with Crippen LogP contribution in [0.3, 0.4) is 0 Å². The first-order chi connectivity index (χ1) is 6.85. The third kappa shape index (κ3) is 1.51. The molecule has 0 atom stereocenters. The highest BCUT2D eigenvalue weighted by atomic mass is 15.4. The van der Waals surface area contributed by atoms with Gasteiger partial charge in [-0.2, -0.15) is 10.4 Å². The summed E-state index contributed by atoms with van der Waals surface area (Å²) in [6, 6.07) is 4.57. The molecule has 0 aliphatic carbocycles. The summed E-state index contributed by atoms with van der Waals surface area (Å²) in [5, 5.41) is 12.9. The molecule has 0 amide bonds. The predicted molar refractivity (Wildman–Crippen MR) is 52.7 cm³/mol.